The molecule has 0 spiro atoms. The van der Waals surface area contributed by atoms with Crippen LogP contribution in [-0.2, 0) is 19.2 Å². The number of alkyl halides is 2. The molecule has 0 aromatic heterocycles. The number of ketones is 1. The molecule has 2 saturated heterocycles. The number of hydrogen-bond donors (Lipinski definition) is 1. The van der Waals surface area contributed by atoms with Crippen molar-refractivity contribution in [2.45, 2.75) is 35.4 Å². The van der Waals surface area contributed by atoms with E-state index in [4.69, 9.17) is 23.2 Å². The number of amides is 4. The molecule has 2 aliphatic heterocycles. The van der Waals surface area contributed by atoms with Gasteiger partial charge in [0.25, 0.3) is 11.8 Å². The third-order valence-corrected chi connectivity index (χ3v) is 11.2. The molecule has 2 aliphatic carbocycles. The minimum absolute atomic E-state index is 0.123. The molecule has 3 fully saturated rings. The molecular weight excluding hydrogens is 591 g/mol. The molecule has 6 unspecified atom stereocenters. The first kappa shape index (κ1) is 27.8. The van der Waals surface area contributed by atoms with Gasteiger partial charge >= 0.3 is 0 Å². The summed E-state index contributed by atoms with van der Waals surface area (Å²) in [5.41, 5.74) is 1.74. The van der Waals surface area contributed by atoms with Crippen molar-refractivity contribution in [2.75, 3.05) is 11.9 Å². The molecule has 1 N–H and O–H groups in total. The van der Waals surface area contributed by atoms with Crippen LogP contribution in [0.2, 0.25) is 0 Å². The van der Waals surface area contributed by atoms with E-state index < -0.39 is 51.1 Å². The number of phenolic OH excluding ortho intramolecular Hbond substituents is 1. The van der Waals surface area contributed by atoms with Crippen LogP contribution in [0.5, 0.6) is 5.75 Å². The molecule has 10 heteroatoms. The fourth-order valence-corrected chi connectivity index (χ4v) is 8.75. The monoisotopic (exact) mass is 616 g/mol. The van der Waals surface area contributed by atoms with Crippen molar-refractivity contribution in [1.29, 1.82) is 0 Å². The van der Waals surface area contributed by atoms with Gasteiger partial charge in [-0.2, -0.15) is 0 Å². The topological polar surface area (TPSA) is 112 Å². The summed E-state index contributed by atoms with van der Waals surface area (Å²) in [6.45, 7) is 1.43. The van der Waals surface area contributed by atoms with Gasteiger partial charge in [0.1, 0.15) is 5.75 Å². The molecule has 2 heterocycles. The molecular formula is C33H26Cl2N2O6. The Bertz CT molecular complexity index is 1840. The van der Waals surface area contributed by atoms with Crippen molar-refractivity contribution >= 4 is 69.1 Å². The Morgan fingerprint density at radius 1 is 0.907 bits per heavy atom. The second-order valence-corrected chi connectivity index (χ2v) is 13.1. The van der Waals surface area contributed by atoms with E-state index in [1.807, 2.05) is 18.2 Å². The SMILES string of the molecule is CC(=O)c1ccc(N2C(=O)C3CC=C4C(CC5(Cl)C(=O)N(C)C(=O)C5(Cl)C4c4c(O)ccc5ccccc45)C3C2=O)cc1. The maximum absolute atomic E-state index is 14.2. The molecule has 8 nitrogen and oxygen atoms in total. The number of likely N-dealkylation sites (tertiary alicyclic amines) is 1. The van der Waals surface area contributed by atoms with Gasteiger partial charge in [-0.05, 0) is 66.8 Å². The largest absolute Gasteiger partial charge is 0.508 e. The minimum Gasteiger partial charge on any atom is -0.508 e. The normalized spacial score (nSPS) is 31.7. The Hall–Kier alpha value is -4.01. The zero-order chi connectivity index (χ0) is 30.6. The number of imide groups is 2. The first-order valence-corrected chi connectivity index (χ1v) is 14.8. The highest BCUT2D eigenvalue weighted by Gasteiger charge is 2.76. The summed E-state index contributed by atoms with van der Waals surface area (Å²) in [4.78, 5) is 65.4. The summed E-state index contributed by atoms with van der Waals surface area (Å²) >= 11 is 14.5. The predicted molar refractivity (Wildman–Crippen MR) is 160 cm³/mol. The molecule has 3 aromatic rings. The van der Waals surface area contributed by atoms with Gasteiger partial charge in [-0.25, -0.2) is 0 Å². The molecule has 43 heavy (non-hydrogen) atoms. The summed E-state index contributed by atoms with van der Waals surface area (Å²) in [5, 5.41) is 12.7. The number of halogens is 2. The smallest absolute Gasteiger partial charge is 0.253 e. The summed E-state index contributed by atoms with van der Waals surface area (Å²) in [5.74, 6) is -5.84. The number of anilines is 1. The number of Topliss-reactive ketones (excluding diaryl/α,β-unsaturated/α-hetero) is 1. The number of benzene rings is 3. The fraction of sp³-hybridized carbons (Fsp3) is 0.303. The van der Waals surface area contributed by atoms with Crippen molar-refractivity contribution < 1.29 is 29.1 Å². The quantitative estimate of drug-likeness (QED) is 0.193. The summed E-state index contributed by atoms with van der Waals surface area (Å²) in [7, 11) is 1.33. The van der Waals surface area contributed by atoms with E-state index in [2.05, 4.69) is 0 Å². The minimum atomic E-state index is -2.00. The van der Waals surface area contributed by atoms with Crippen molar-refractivity contribution in [3.63, 3.8) is 0 Å². The molecule has 7 rings (SSSR count). The van der Waals surface area contributed by atoms with Crippen molar-refractivity contribution in [2.24, 2.45) is 17.8 Å². The van der Waals surface area contributed by atoms with Crippen LogP contribution in [0.25, 0.3) is 10.8 Å². The van der Waals surface area contributed by atoms with Crippen LogP contribution in [0.4, 0.5) is 5.69 Å². The van der Waals surface area contributed by atoms with Crippen molar-refractivity contribution in [3.05, 3.63) is 83.4 Å². The highest BCUT2D eigenvalue weighted by atomic mass is 35.5. The number of carbonyl (C=O) groups is 5. The second-order valence-electron chi connectivity index (χ2n) is 11.8. The van der Waals surface area contributed by atoms with Crippen LogP contribution in [0.15, 0.2) is 72.3 Å². The lowest BCUT2D eigenvalue weighted by Gasteiger charge is -2.51. The predicted octanol–water partition coefficient (Wildman–Crippen LogP) is 4.94. The molecule has 0 radical (unpaired) electrons. The molecule has 0 bridgehead atoms. The number of hydrogen-bond acceptors (Lipinski definition) is 6. The number of allylic oxidation sites excluding steroid dienone is 2. The van der Waals surface area contributed by atoms with Gasteiger partial charge in [-0.3, -0.25) is 33.8 Å². The van der Waals surface area contributed by atoms with E-state index in [-0.39, 0.29) is 30.3 Å². The van der Waals surface area contributed by atoms with E-state index in [0.717, 1.165) is 15.2 Å². The van der Waals surface area contributed by atoms with Crippen LogP contribution in [-0.4, -0.2) is 56.2 Å². The van der Waals surface area contributed by atoms with Crippen molar-refractivity contribution in [3.8, 4) is 5.75 Å². The van der Waals surface area contributed by atoms with E-state index in [0.29, 0.717) is 27.8 Å². The maximum Gasteiger partial charge on any atom is 0.253 e. The Morgan fingerprint density at radius 3 is 2.30 bits per heavy atom. The van der Waals surface area contributed by atoms with Crippen LogP contribution in [0.1, 0.15) is 41.6 Å². The number of nitrogens with zero attached hydrogens (tertiary/aromatic N) is 2. The molecule has 3 aromatic carbocycles. The van der Waals surface area contributed by atoms with Crippen LogP contribution in [0.3, 0.4) is 0 Å². The van der Waals surface area contributed by atoms with Gasteiger partial charge in [0.15, 0.2) is 15.5 Å². The number of rotatable bonds is 3. The molecule has 1 saturated carbocycles. The highest BCUT2D eigenvalue weighted by molar-refractivity contribution is 6.53. The summed E-state index contributed by atoms with van der Waals surface area (Å²) < 4.78 is 0. The lowest BCUT2D eigenvalue weighted by Crippen LogP contribution is -2.60. The first-order valence-electron chi connectivity index (χ1n) is 14.0. The Labute approximate surface area is 256 Å². The molecule has 4 aliphatic rings. The Kier molecular flexibility index (Phi) is 5.98. The maximum atomic E-state index is 14.2. The average Bonchev–Trinajstić information content (AvgIpc) is 3.32. The van der Waals surface area contributed by atoms with Gasteiger partial charge in [0, 0.05) is 24.1 Å². The number of phenols is 1. The lowest BCUT2D eigenvalue weighted by molar-refractivity contribution is -0.138. The summed E-state index contributed by atoms with van der Waals surface area (Å²) in [6, 6.07) is 16.8. The third-order valence-electron chi connectivity index (χ3n) is 9.78. The zero-order valence-electron chi connectivity index (χ0n) is 23.2. The fourth-order valence-electron chi connectivity index (χ4n) is 7.75. The van der Waals surface area contributed by atoms with Crippen LogP contribution < -0.4 is 4.90 Å². The molecule has 6 atom stereocenters. The lowest BCUT2D eigenvalue weighted by atomic mass is 9.56. The Balaban J connectivity index is 1.41. The standard InChI is InChI=1S/C33H26Cl2N2O6/c1-16(38)17-7-10-19(11-8-17)37-28(40)22-13-12-21-23(25(22)29(37)41)15-32(34)30(42)36(2)31(43)33(32,35)27(21)26-20-6-4-3-5-18(20)9-14-24(26)39/h3-12,14,22-23,25,27,39H,13,15H2,1-2H3. The van der Waals surface area contributed by atoms with Crippen LogP contribution >= 0.6 is 23.2 Å². The van der Waals surface area contributed by atoms with Gasteiger partial charge < -0.3 is 5.11 Å². The van der Waals surface area contributed by atoms with E-state index in [9.17, 15) is 29.1 Å². The van der Waals surface area contributed by atoms with E-state index in [1.54, 1.807) is 42.5 Å². The summed E-state index contributed by atoms with van der Waals surface area (Å²) in [6.07, 6.45) is 1.89. The molecule has 218 valence electrons. The number of carbonyl (C=O) groups excluding carboxylic acids is 5. The zero-order valence-corrected chi connectivity index (χ0v) is 24.7. The first-order chi connectivity index (χ1) is 20.4. The molecule has 4 amide bonds. The van der Waals surface area contributed by atoms with Crippen molar-refractivity contribution in [1.82, 2.24) is 4.90 Å². The second kappa shape index (κ2) is 9.24. The van der Waals surface area contributed by atoms with Gasteiger partial charge in [-0.15, -0.1) is 23.2 Å². The highest BCUT2D eigenvalue weighted by Crippen LogP contribution is 2.66. The average molecular weight is 617 g/mol. The van der Waals surface area contributed by atoms with Gasteiger partial charge in [0.05, 0.1) is 17.5 Å². The van der Waals surface area contributed by atoms with Crippen LogP contribution in [0, 0.1) is 17.8 Å². The van der Waals surface area contributed by atoms with E-state index in [1.165, 1.54) is 20.0 Å². The van der Waals surface area contributed by atoms with E-state index >= 15 is 0 Å². The van der Waals surface area contributed by atoms with Gasteiger partial charge in [0.2, 0.25) is 11.8 Å². The number of fused-ring (bicyclic) bond motifs is 5. The Morgan fingerprint density at radius 2 is 1.60 bits per heavy atom. The number of aromatic hydroxyl groups is 1. The van der Waals surface area contributed by atoms with Gasteiger partial charge in [-0.1, -0.05) is 42.0 Å². The third kappa shape index (κ3) is 3.48.